The van der Waals surface area contributed by atoms with Crippen LogP contribution in [0.1, 0.15) is 15.9 Å². The average molecular weight is 313 g/mol. The Morgan fingerprint density at radius 3 is 2.52 bits per heavy atom. The second-order valence-electron chi connectivity index (χ2n) is 4.54. The number of para-hydroxylation sites is 1. The third kappa shape index (κ3) is 4.85. The van der Waals surface area contributed by atoms with Gasteiger partial charge in [0.1, 0.15) is 11.5 Å². The van der Waals surface area contributed by atoms with Crippen molar-refractivity contribution in [2.45, 2.75) is 0 Å². The van der Waals surface area contributed by atoms with Crippen LogP contribution < -0.4 is 15.9 Å². The summed E-state index contributed by atoms with van der Waals surface area (Å²) in [4.78, 5) is 22.4. The van der Waals surface area contributed by atoms with Crippen LogP contribution in [-0.4, -0.2) is 29.7 Å². The van der Waals surface area contributed by atoms with Crippen LogP contribution in [0.5, 0.6) is 11.5 Å². The molecule has 0 heterocycles. The largest absolute Gasteiger partial charge is 0.507 e. The smallest absolute Gasteiger partial charge is 0.275 e. The number of hydrogen-bond acceptors (Lipinski definition) is 5. The molecular formula is C16H15N3O4. The lowest BCUT2D eigenvalue weighted by Gasteiger charge is -2.03. The number of aromatic hydroxyl groups is 1. The fourth-order valence-corrected chi connectivity index (χ4v) is 1.70. The number of hydrogen-bond donors (Lipinski definition) is 3. The van der Waals surface area contributed by atoms with Gasteiger partial charge >= 0.3 is 0 Å². The topological polar surface area (TPSA) is 114 Å². The fraction of sp³-hybridized carbons (Fsp3) is 0.0625. The second-order valence-corrected chi connectivity index (χ2v) is 4.54. The number of benzene rings is 2. The Bertz CT molecular complexity index is 726. The van der Waals surface area contributed by atoms with Gasteiger partial charge in [0.15, 0.2) is 6.61 Å². The molecular weight excluding hydrogens is 298 g/mol. The van der Waals surface area contributed by atoms with Crippen molar-refractivity contribution < 1.29 is 19.4 Å². The lowest BCUT2D eigenvalue weighted by atomic mass is 10.2. The average Bonchev–Trinajstić information content (AvgIpc) is 2.54. The van der Waals surface area contributed by atoms with Crippen LogP contribution in [0, 0.1) is 0 Å². The van der Waals surface area contributed by atoms with Gasteiger partial charge in [-0.15, -0.1) is 0 Å². The van der Waals surface area contributed by atoms with Gasteiger partial charge in [-0.2, -0.15) is 5.10 Å². The van der Waals surface area contributed by atoms with E-state index >= 15 is 0 Å². The lowest BCUT2D eigenvalue weighted by molar-refractivity contribution is -0.119. The molecule has 2 amide bonds. The maximum absolute atomic E-state index is 11.8. The molecule has 7 nitrogen and oxygen atoms in total. The summed E-state index contributed by atoms with van der Waals surface area (Å²) >= 11 is 0. The normalized spacial score (nSPS) is 10.4. The van der Waals surface area contributed by atoms with E-state index in [1.165, 1.54) is 18.3 Å². The minimum absolute atomic E-state index is 0.115. The van der Waals surface area contributed by atoms with E-state index in [9.17, 15) is 14.7 Å². The molecule has 0 saturated carbocycles. The molecule has 0 fully saturated rings. The van der Waals surface area contributed by atoms with Crippen molar-refractivity contribution in [2.24, 2.45) is 10.8 Å². The number of nitrogens with zero attached hydrogens (tertiary/aromatic N) is 1. The SMILES string of the molecule is NC(=O)COc1ccc(C=NNC(=O)c2ccccc2O)cc1. The highest BCUT2D eigenvalue weighted by atomic mass is 16.5. The highest BCUT2D eigenvalue weighted by molar-refractivity contribution is 5.97. The van der Waals surface area contributed by atoms with E-state index < -0.39 is 11.8 Å². The van der Waals surface area contributed by atoms with E-state index in [2.05, 4.69) is 10.5 Å². The molecule has 4 N–H and O–H groups in total. The first kappa shape index (κ1) is 16.0. The number of carbonyl (C=O) groups excluding carboxylic acids is 2. The first-order valence-corrected chi connectivity index (χ1v) is 6.69. The highest BCUT2D eigenvalue weighted by Gasteiger charge is 2.08. The van der Waals surface area contributed by atoms with E-state index in [1.807, 2.05) is 0 Å². The van der Waals surface area contributed by atoms with Gasteiger partial charge < -0.3 is 15.6 Å². The molecule has 2 rings (SSSR count). The minimum Gasteiger partial charge on any atom is -0.507 e. The summed E-state index contributed by atoms with van der Waals surface area (Å²) in [5, 5.41) is 13.4. The number of nitrogens with two attached hydrogens (primary N) is 1. The zero-order valence-electron chi connectivity index (χ0n) is 12.1. The molecule has 0 aliphatic heterocycles. The van der Waals surface area contributed by atoms with Crippen molar-refractivity contribution in [3.05, 3.63) is 59.7 Å². The molecule has 7 heteroatoms. The van der Waals surface area contributed by atoms with Gasteiger partial charge in [0.05, 0.1) is 11.8 Å². The quantitative estimate of drug-likeness (QED) is 0.545. The van der Waals surface area contributed by atoms with Gasteiger partial charge in [0.25, 0.3) is 11.8 Å². The van der Waals surface area contributed by atoms with Crippen molar-refractivity contribution in [2.75, 3.05) is 6.61 Å². The Balaban J connectivity index is 1.92. The molecule has 0 atom stereocenters. The number of rotatable bonds is 6. The molecule has 0 spiro atoms. The number of primary amides is 1. The highest BCUT2D eigenvalue weighted by Crippen LogP contribution is 2.15. The van der Waals surface area contributed by atoms with Crippen molar-refractivity contribution in [3.63, 3.8) is 0 Å². The van der Waals surface area contributed by atoms with E-state index in [0.717, 1.165) is 0 Å². The second kappa shape index (κ2) is 7.60. The Kier molecular flexibility index (Phi) is 5.30. The Hall–Kier alpha value is -3.35. The predicted molar refractivity (Wildman–Crippen MR) is 84.3 cm³/mol. The summed E-state index contributed by atoms with van der Waals surface area (Å²) < 4.78 is 5.12. The Morgan fingerprint density at radius 2 is 1.87 bits per heavy atom. The van der Waals surface area contributed by atoms with Gasteiger partial charge in [-0.1, -0.05) is 12.1 Å². The number of carbonyl (C=O) groups is 2. The van der Waals surface area contributed by atoms with Gasteiger partial charge in [0, 0.05) is 0 Å². The number of nitrogens with one attached hydrogen (secondary N) is 1. The molecule has 23 heavy (non-hydrogen) atoms. The van der Waals surface area contributed by atoms with Crippen molar-refractivity contribution in [1.82, 2.24) is 5.43 Å². The minimum atomic E-state index is -0.553. The number of hydrazone groups is 1. The summed E-state index contributed by atoms with van der Waals surface area (Å²) in [6.07, 6.45) is 1.44. The molecule has 2 aromatic rings. The summed E-state index contributed by atoms with van der Waals surface area (Å²) in [7, 11) is 0. The number of phenolic OH excluding ortho intramolecular Hbond substituents is 1. The van der Waals surface area contributed by atoms with E-state index in [0.29, 0.717) is 11.3 Å². The van der Waals surface area contributed by atoms with E-state index in [-0.39, 0.29) is 17.9 Å². The van der Waals surface area contributed by atoms with Crippen molar-refractivity contribution >= 4 is 18.0 Å². The molecule has 0 aromatic heterocycles. The molecule has 0 aliphatic rings. The van der Waals surface area contributed by atoms with Crippen LogP contribution in [0.2, 0.25) is 0 Å². The van der Waals surface area contributed by atoms with E-state index in [4.69, 9.17) is 10.5 Å². The van der Waals surface area contributed by atoms with Crippen LogP contribution in [0.4, 0.5) is 0 Å². The predicted octanol–water partition coefficient (Wildman–Crippen LogP) is 1.02. The third-order valence-electron chi connectivity index (χ3n) is 2.79. The molecule has 0 radical (unpaired) electrons. The summed E-state index contributed by atoms with van der Waals surface area (Å²) in [6, 6.07) is 12.9. The molecule has 0 saturated heterocycles. The molecule has 0 bridgehead atoms. The Labute approximate surface area is 132 Å². The molecule has 118 valence electrons. The van der Waals surface area contributed by atoms with Crippen molar-refractivity contribution in [1.29, 1.82) is 0 Å². The van der Waals surface area contributed by atoms with E-state index in [1.54, 1.807) is 36.4 Å². The monoisotopic (exact) mass is 313 g/mol. The third-order valence-corrected chi connectivity index (χ3v) is 2.79. The summed E-state index contributed by atoms with van der Waals surface area (Å²) in [5.74, 6) is -0.682. The van der Waals surface area contributed by atoms with Crippen LogP contribution in [0.25, 0.3) is 0 Å². The maximum Gasteiger partial charge on any atom is 0.275 e. The zero-order valence-corrected chi connectivity index (χ0v) is 12.1. The van der Waals surface area contributed by atoms with Gasteiger partial charge in [-0.3, -0.25) is 9.59 Å². The molecule has 2 aromatic carbocycles. The Morgan fingerprint density at radius 1 is 1.17 bits per heavy atom. The molecule has 0 aliphatic carbocycles. The van der Waals surface area contributed by atoms with Gasteiger partial charge in [-0.05, 0) is 42.0 Å². The maximum atomic E-state index is 11.8. The number of ether oxygens (including phenoxy) is 1. The standard InChI is InChI=1S/C16H15N3O4/c17-15(21)10-23-12-7-5-11(6-8-12)9-18-19-16(22)13-3-1-2-4-14(13)20/h1-9,20H,10H2,(H2,17,21)(H,19,22). The molecule has 0 unspecified atom stereocenters. The first-order valence-electron chi connectivity index (χ1n) is 6.69. The van der Waals surface area contributed by atoms with Crippen LogP contribution >= 0.6 is 0 Å². The van der Waals surface area contributed by atoms with Crippen LogP contribution in [0.3, 0.4) is 0 Å². The van der Waals surface area contributed by atoms with Gasteiger partial charge in [-0.25, -0.2) is 5.43 Å². The number of phenols is 1. The first-order chi connectivity index (χ1) is 11.1. The fourth-order valence-electron chi connectivity index (χ4n) is 1.70. The van der Waals surface area contributed by atoms with Crippen LogP contribution in [0.15, 0.2) is 53.6 Å². The number of amides is 2. The van der Waals surface area contributed by atoms with Crippen molar-refractivity contribution in [3.8, 4) is 11.5 Å². The van der Waals surface area contributed by atoms with Gasteiger partial charge in [0.2, 0.25) is 0 Å². The zero-order chi connectivity index (χ0) is 16.7. The lowest BCUT2D eigenvalue weighted by Crippen LogP contribution is -2.20. The summed E-state index contributed by atoms with van der Waals surface area (Å²) in [5.41, 5.74) is 8.16. The van der Waals surface area contributed by atoms with Crippen LogP contribution in [-0.2, 0) is 4.79 Å². The summed E-state index contributed by atoms with van der Waals surface area (Å²) in [6.45, 7) is -0.190.